The molecule has 0 radical (unpaired) electrons. The molecule has 172 valence electrons. The quantitative estimate of drug-likeness (QED) is 0.373. The van der Waals surface area contributed by atoms with Gasteiger partial charge in [0.2, 0.25) is 0 Å². The first kappa shape index (κ1) is 23.8. The van der Waals surface area contributed by atoms with E-state index in [0.29, 0.717) is 0 Å². The number of fused-ring (bicyclic) bond motifs is 1. The third kappa shape index (κ3) is 5.50. The average molecular weight is 438 g/mol. The number of anilines is 1. The van der Waals surface area contributed by atoms with Crippen LogP contribution in [0.2, 0.25) is 0 Å². The molecule has 2 aliphatic carbocycles. The number of nitrogens with one attached hydrogen (secondary N) is 2. The van der Waals surface area contributed by atoms with E-state index in [2.05, 4.69) is 40.7 Å². The topological polar surface area (TPSA) is 44.4 Å². The molecule has 0 aromatic heterocycles. The van der Waals surface area contributed by atoms with Gasteiger partial charge in [0, 0.05) is 37.9 Å². The minimum Gasteiger partial charge on any atom is -0.391 e. The van der Waals surface area contributed by atoms with Crippen LogP contribution in [0.1, 0.15) is 61.0 Å². The lowest BCUT2D eigenvalue weighted by Gasteiger charge is -2.23. The molecule has 1 amide bonds. The highest BCUT2D eigenvalue weighted by molar-refractivity contribution is 5.99. The second-order valence-corrected chi connectivity index (χ2v) is 8.92. The molecule has 2 aliphatic rings. The molecule has 1 aromatic rings. The van der Waals surface area contributed by atoms with Crippen molar-refractivity contribution in [2.24, 2.45) is 5.41 Å². The van der Waals surface area contributed by atoms with Gasteiger partial charge in [-0.25, -0.2) is 4.39 Å². The molecule has 32 heavy (non-hydrogen) atoms. The Bertz CT molecular complexity index is 944. The van der Waals surface area contributed by atoms with E-state index in [1.165, 1.54) is 23.4 Å². The van der Waals surface area contributed by atoms with Gasteiger partial charge in [0.25, 0.3) is 5.91 Å². The van der Waals surface area contributed by atoms with Gasteiger partial charge >= 0.3 is 0 Å². The van der Waals surface area contributed by atoms with Crippen LogP contribution in [0.5, 0.6) is 0 Å². The van der Waals surface area contributed by atoms with Gasteiger partial charge in [0.15, 0.2) is 0 Å². The highest BCUT2D eigenvalue weighted by atomic mass is 19.1. The summed E-state index contributed by atoms with van der Waals surface area (Å²) in [6, 6.07) is 4.23. The summed E-state index contributed by atoms with van der Waals surface area (Å²) in [7, 11) is 4.09. The molecule has 2 atom stereocenters. The molecule has 1 saturated carbocycles. The smallest absolute Gasteiger partial charge is 0.252 e. The van der Waals surface area contributed by atoms with Crippen LogP contribution < -0.4 is 15.5 Å². The molecule has 4 nitrogen and oxygen atoms in total. The van der Waals surface area contributed by atoms with Gasteiger partial charge in [-0.3, -0.25) is 4.79 Å². The van der Waals surface area contributed by atoms with Crippen LogP contribution in [0.15, 0.2) is 54.5 Å². The summed E-state index contributed by atoms with van der Waals surface area (Å²) < 4.78 is 13.3. The SMILES string of the molecule is C\C=C/C(F)=C\C=C\NCCC1(CC)CC1NC(=O)c1ccc(N(C)C)c2c1C=CCC2. The zero-order valence-corrected chi connectivity index (χ0v) is 19.7. The highest BCUT2D eigenvalue weighted by Crippen LogP contribution is 2.51. The molecule has 1 aromatic carbocycles. The molecule has 2 N–H and O–H groups in total. The normalized spacial score (nSPS) is 22.3. The van der Waals surface area contributed by atoms with Gasteiger partial charge in [-0.05, 0) is 92.1 Å². The number of carbonyl (C=O) groups excluding carboxylic acids is 1. The fourth-order valence-electron chi connectivity index (χ4n) is 4.61. The van der Waals surface area contributed by atoms with Crippen molar-refractivity contribution in [2.75, 3.05) is 25.5 Å². The van der Waals surface area contributed by atoms with E-state index in [-0.39, 0.29) is 23.2 Å². The maximum atomic E-state index is 13.3. The van der Waals surface area contributed by atoms with Gasteiger partial charge in [-0.2, -0.15) is 0 Å². The van der Waals surface area contributed by atoms with Crippen molar-refractivity contribution in [3.8, 4) is 0 Å². The van der Waals surface area contributed by atoms with Gasteiger partial charge in [-0.15, -0.1) is 0 Å². The standard InChI is InChI=1S/C27H36FN3O/c1-5-10-20(28)11-9-17-29-18-16-27(6-2)19-25(27)30-26(32)23-14-15-24(31(3)4)22-13-8-7-12-21(22)23/h5,7,9-12,14-15,17,25,29H,6,8,13,16,18-19H2,1-4H3,(H,30,32)/b10-5-,17-9+,20-11+. The van der Waals surface area contributed by atoms with Gasteiger partial charge in [0.05, 0.1) is 0 Å². The Labute approximate surface area is 192 Å². The number of hydrogen-bond acceptors (Lipinski definition) is 3. The Hall–Kier alpha value is -2.82. The first-order valence-corrected chi connectivity index (χ1v) is 11.6. The molecule has 0 aliphatic heterocycles. The monoisotopic (exact) mass is 437 g/mol. The first-order valence-electron chi connectivity index (χ1n) is 11.6. The van der Waals surface area contributed by atoms with Gasteiger partial charge in [-0.1, -0.05) is 25.2 Å². The van der Waals surface area contributed by atoms with Crippen molar-refractivity contribution in [3.63, 3.8) is 0 Å². The molecule has 0 heterocycles. The summed E-state index contributed by atoms with van der Waals surface area (Å²) in [4.78, 5) is 15.3. The fourth-order valence-corrected chi connectivity index (χ4v) is 4.61. The number of halogens is 1. The van der Waals surface area contributed by atoms with Crippen molar-refractivity contribution in [2.45, 2.75) is 52.0 Å². The van der Waals surface area contributed by atoms with Gasteiger partial charge in [0.1, 0.15) is 5.83 Å². The van der Waals surface area contributed by atoms with Crippen molar-refractivity contribution in [1.82, 2.24) is 10.6 Å². The van der Waals surface area contributed by atoms with Crippen LogP contribution in [0, 0.1) is 5.41 Å². The molecule has 3 rings (SSSR count). The Balaban J connectivity index is 1.58. The van der Waals surface area contributed by atoms with Crippen molar-refractivity contribution < 1.29 is 9.18 Å². The van der Waals surface area contributed by atoms with Crippen LogP contribution >= 0.6 is 0 Å². The number of nitrogens with zero attached hydrogens (tertiary/aromatic N) is 1. The number of hydrogen-bond donors (Lipinski definition) is 2. The first-order chi connectivity index (χ1) is 15.4. The second kappa shape index (κ2) is 10.7. The summed E-state index contributed by atoms with van der Waals surface area (Å²) in [5.74, 6) is -0.243. The Kier molecular flexibility index (Phi) is 7.94. The fraction of sp³-hybridized carbons (Fsp3) is 0.444. The van der Waals surface area contributed by atoms with Crippen LogP contribution in [0.3, 0.4) is 0 Å². The molecular weight excluding hydrogens is 401 g/mol. The summed E-state index contributed by atoms with van der Waals surface area (Å²) in [6.07, 6.45) is 17.2. The number of rotatable bonds is 10. The number of carbonyl (C=O) groups is 1. The molecule has 1 fully saturated rings. The van der Waals surface area contributed by atoms with E-state index < -0.39 is 0 Å². The van der Waals surface area contributed by atoms with Crippen LogP contribution in [-0.4, -0.2) is 32.6 Å². The van der Waals surface area contributed by atoms with E-state index >= 15 is 0 Å². The van der Waals surface area contributed by atoms with Crippen LogP contribution in [0.4, 0.5) is 10.1 Å². The number of benzene rings is 1. The molecule has 0 bridgehead atoms. The zero-order valence-electron chi connectivity index (χ0n) is 19.7. The van der Waals surface area contributed by atoms with E-state index in [9.17, 15) is 9.18 Å². The van der Waals surface area contributed by atoms with E-state index in [1.54, 1.807) is 25.3 Å². The Morgan fingerprint density at radius 1 is 1.34 bits per heavy atom. The van der Waals surface area contributed by atoms with Crippen molar-refractivity contribution >= 4 is 17.7 Å². The van der Waals surface area contributed by atoms with Crippen LogP contribution in [-0.2, 0) is 6.42 Å². The number of allylic oxidation sites excluding steroid dienone is 6. The molecular formula is C27H36FN3O. The van der Waals surface area contributed by atoms with E-state index in [0.717, 1.165) is 49.8 Å². The number of amides is 1. The zero-order chi connectivity index (χ0) is 23.1. The maximum absolute atomic E-state index is 13.3. The molecule has 0 spiro atoms. The third-order valence-corrected chi connectivity index (χ3v) is 6.67. The minimum atomic E-state index is -0.267. The predicted molar refractivity (Wildman–Crippen MR) is 132 cm³/mol. The summed E-state index contributed by atoms with van der Waals surface area (Å²) >= 11 is 0. The van der Waals surface area contributed by atoms with E-state index in [4.69, 9.17) is 0 Å². The Morgan fingerprint density at radius 2 is 2.16 bits per heavy atom. The van der Waals surface area contributed by atoms with Crippen molar-refractivity contribution in [3.05, 3.63) is 71.2 Å². The molecule has 2 unspecified atom stereocenters. The lowest BCUT2D eigenvalue weighted by Crippen LogP contribution is -2.31. The van der Waals surface area contributed by atoms with Crippen molar-refractivity contribution in [1.29, 1.82) is 0 Å². The Morgan fingerprint density at radius 3 is 2.88 bits per heavy atom. The van der Waals surface area contributed by atoms with E-state index in [1.807, 2.05) is 20.2 Å². The summed E-state index contributed by atoms with van der Waals surface area (Å²) in [5, 5.41) is 6.53. The average Bonchev–Trinajstić information content (AvgIpc) is 3.47. The molecule has 5 heteroatoms. The molecule has 0 saturated heterocycles. The van der Waals surface area contributed by atoms with Crippen LogP contribution in [0.25, 0.3) is 6.08 Å². The lowest BCUT2D eigenvalue weighted by molar-refractivity contribution is 0.0943. The maximum Gasteiger partial charge on any atom is 0.252 e. The predicted octanol–water partition coefficient (Wildman–Crippen LogP) is 5.53. The second-order valence-electron chi connectivity index (χ2n) is 8.92. The highest BCUT2D eigenvalue weighted by Gasteiger charge is 2.52. The minimum absolute atomic E-state index is 0.0240. The summed E-state index contributed by atoms with van der Waals surface area (Å²) in [5.41, 5.74) is 4.43. The largest absolute Gasteiger partial charge is 0.391 e. The third-order valence-electron chi connectivity index (χ3n) is 6.67. The van der Waals surface area contributed by atoms with Gasteiger partial charge < -0.3 is 15.5 Å². The lowest BCUT2D eigenvalue weighted by atomic mass is 9.90. The summed E-state index contributed by atoms with van der Waals surface area (Å²) in [6.45, 7) is 4.77.